The molecule has 1 aromatic heterocycles. The second-order valence-electron chi connectivity index (χ2n) is 9.19. The molecule has 3 aromatic rings. The van der Waals surface area contributed by atoms with E-state index in [1.54, 1.807) is 43.1 Å². The number of aromatic nitrogens is 1. The Kier molecular flexibility index (Phi) is 8.77. The molecule has 1 fully saturated rings. The molecule has 0 saturated carbocycles. The van der Waals surface area contributed by atoms with Crippen LogP contribution >= 0.6 is 11.8 Å². The zero-order valence-electron chi connectivity index (χ0n) is 20.2. The number of benzene rings is 2. The molecule has 6 nitrogen and oxygen atoms in total. The van der Waals surface area contributed by atoms with E-state index in [1.165, 1.54) is 18.3 Å². The number of methoxy groups -OCH3 is 1. The summed E-state index contributed by atoms with van der Waals surface area (Å²) < 4.78 is 33.4. The van der Waals surface area contributed by atoms with Gasteiger partial charge in [-0.2, -0.15) is 0 Å². The number of hydrogen-bond acceptors (Lipinski definition) is 6. The Labute approximate surface area is 213 Å². The number of carboxylic acids is 1. The molecule has 3 atom stereocenters. The van der Waals surface area contributed by atoms with Crippen molar-refractivity contribution >= 4 is 28.6 Å². The van der Waals surface area contributed by atoms with Gasteiger partial charge in [0.1, 0.15) is 17.4 Å². The topological polar surface area (TPSA) is 88.7 Å². The van der Waals surface area contributed by atoms with Crippen LogP contribution in [-0.2, 0) is 4.79 Å². The minimum Gasteiger partial charge on any atom is -0.497 e. The van der Waals surface area contributed by atoms with E-state index in [-0.39, 0.29) is 11.7 Å². The zero-order valence-corrected chi connectivity index (χ0v) is 21.0. The predicted molar refractivity (Wildman–Crippen MR) is 137 cm³/mol. The number of aliphatic carboxylic acids is 1. The number of ether oxygens (including phenoxy) is 1. The molecule has 3 N–H and O–H groups in total. The summed E-state index contributed by atoms with van der Waals surface area (Å²) in [5, 5.41) is 10.5. The molecule has 0 radical (unpaired) electrons. The Morgan fingerprint density at radius 2 is 2.14 bits per heavy atom. The summed E-state index contributed by atoms with van der Waals surface area (Å²) in [6.45, 7) is 1.98. The number of likely N-dealkylation sites (tertiary alicyclic amines) is 1. The van der Waals surface area contributed by atoms with Crippen LogP contribution in [0.3, 0.4) is 0 Å². The van der Waals surface area contributed by atoms with E-state index in [9.17, 15) is 18.7 Å². The summed E-state index contributed by atoms with van der Waals surface area (Å²) in [5.74, 6) is -0.745. The molecule has 0 spiro atoms. The van der Waals surface area contributed by atoms with Gasteiger partial charge in [-0.05, 0) is 68.1 Å². The number of pyridine rings is 1. The smallest absolute Gasteiger partial charge is 0.308 e. The van der Waals surface area contributed by atoms with Crippen LogP contribution in [0.5, 0.6) is 5.75 Å². The van der Waals surface area contributed by atoms with E-state index in [4.69, 9.17) is 10.5 Å². The lowest BCUT2D eigenvalue weighted by molar-refractivity contribution is -0.146. The van der Waals surface area contributed by atoms with Crippen molar-refractivity contribution in [2.75, 3.05) is 32.5 Å². The third-order valence-electron chi connectivity index (χ3n) is 6.92. The fraction of sp³-hybridized carbons (Fsp3) is 0.407. The van der Waals surface area contributed by atoms with Gasteiger partial charge in [0.05, 0.1) is 24.7 Å². The first-order chi connectivity index (χ1) is 17.4. The van der Waals surface area contributed by atoms with Gasteiger partial charge in [-0.1, -0.05) is 6.07 Å². The molecule has 4 rings (SSSR count). The monoisotopic (exact) mass is 515 g/mol. The van der Waals surface area contributed by atoms with Crippen molar-refractivity contribution < 1.29 is 23.4 Å². The minimum atomic E-state index is -0.818. The van der Waals surface area contributed by atoms with Gasteiger partial charge in [0, 0.05) is 40.7 Å². The van der Waals surface area contributed by atoms with Crippen molar-refractivity contribution in [1.82, 2.24) is 9.88 Å². The Hall–Kier alpha value is -2.75. The van der Waals surface area contributed by atoms with Crippen molar-refractivity contribution in [2.45, 2.75) is 30.2 Å². The lowest BCUT2D eigenvalue weighted by Gasteiger charge is -2.37. The molecular formula is C27H31F2N3O3S. The highest BCUT2D eigenvalue weighted by Crippen LogP contribution is 2.34. The summed E-state index contributed by atoms with van der Waals surface area (Å²) in [5.41, 5.74) is 7.48. The van der Waals surface area contributed by atoms with Crippen LogP contribution in [0, 0.1) is 23.5 Å². The summed E-state index contributed by atoms with van der Waals surface area (Å²) in [6, 6.07) is 11.2. The van der Waals surface area contributed by atoms with Crippen LogP contribution < -0.4 is 10.5 Å². The third kappa shape index (κ3) is 6.32. The highest BCUT2D eigenvalue weighted by molar-refractivity contribution is 7.99. The molecular weight excluding hydrogens is 484 g/mol. The molecule has 0 aliphatic carbocycles. The number of piperidine rings is 1. The van der Waals surface area contributed by atoms with Gasteiger partial charge in [-0.25, -0.2) is 8.78 Å². The third-order valence-corrected chi connectivity index (χ3v) is 7.89. The average molecular weight is 516 g/mol. The van der Waals surface area contributed by atoms with Crippen molar-refractivity contribution in [1.29, 1.82) is 0 Å². The number of fused-ring (bicyclic) bond motifs is 1. The first-order valence-corrected chi connectivity index (χ1v) is 13.1. The van der Waals surface area contributed by atoms with Gasteiger partial charge in [0.25, 0.3) is 0 Å². The molecule has 0 bridgehead atoms. The number of nitrogens with two attached hydrogens (primary N) is 1. The number of thioether (sulfide) groups is 1. The van der Waals surface area contributed by atoms with E-state index < -0.39 is 23.7 Å². The van der Waals surface area contributed by atoms with E-state index in [2.05, 4.69) is 9.88 Å². The molecule has 2 aromatic carbocycles. The number of hydrogen-bond donors (Lipinski definition) is 2. The lowest BCUT2D eigenvalue weighted by atomic mass is 9.81. The Morgan fingerprint density at radius 1 is 1.31 bits per heavy atom. The van der Waals surface area contributed by atoms with Gasteiger partial charge >= 0.3 is 5.97 Å². The van der Waals surface area contributed by atoms with Crippen LogP contribution in [0.4, 0.5) is 8.78 Å². The Bertz CT molecular complexity index is 1210. The van der Waals surface area contributed by atoms with Crippen LogP contribution in [0.2, 0.25) is 0 Å². The highest BCUT2D eigenvalue weighted by atomic mass is 32.2. The van der Waals surface area contributed by atoms with E-state index in [1.807, 2.05) is 6.07 Å². The molecule has 0 amide bonds. The van der Waals surface area contributed by atoms with Crippen molar-refractivity contribution in [3.05, 3.63) is 65.9 Å². The summed E-state index contributed by atoms with van der Waals surface area (Å²) in [7, 11) is 1.55. The molecule has 1 aliphatic rings. The number of nitrogens with zero attached hydrogens (tertiary/aromatic N) is 2. The quantitative estimate of drug-likeness (QED) is 0.363. The van der Waals surface area contributed by atoms with Crippen LogP contribution in [0.1, 0.15) is 30.9 Å². The van der Waals surface area contributed by atoms with Gasteiger partial charge in [-0.15, -0.1) is 11.8 Å². The van der Waals surface area contributed by atoms with E-state index in [0.29, 0.717) is 41.6 Å². The first kappa shape index (κ1) is 26.3. The Balaban J connectivity index is 1.36. The first-order valence-electron chi connectivity index (χ1n) is 12.1. The van der Waals surface area contributed by atoms with E-state index in [0.717, 1.165) is 30.2 Å². The van der Waals surface area contributed by atoms with Crippen LogP contribution in [0.15, 0.2) is 53.6 Å². The number of halogens is 2. The van der Waals surface area contributed by atoms with Gasteiger partial charge in [0.2, 0.25) is 0 Å². The maximum Gasteiger partial charge on any atom is 0.308 e. The fourth-order valence-electron chi connectivity index (χ4n) is 4.96. The maximum absolute atomic E-state index is 14.8. The van der Waals surface area contributed by atoms with Crippen LogP contribution in [-0.4, -0.2) is 53.5 Å². The van der Waals surface area contributed by atoms with Gasteiger partial charge in [-0.3, -0.25) is 9.78 Å². The van der Waals surface area contributed by atoms with Crippen molar-refractivity contribution in [3.63, 3.8) is 0 Å². The van der Waals surface area contributed by atoms with Gasteiger partial charge < -0.3 is 20.5 Å². The molecule has 192 valence electrons. The number of rotatable bonds is 10. The molecule has 9 heteroatoms. The zero-order chi connectivity index (χ0) is 25.7. The minimum absolute atomic E-state index is 0.0358. The normalized spacial score (nSPS) is 19.3. The lowest BCUT2D eigenvalue weighted by Crippen LogP contribution is -2.44. The van der Waals surface area contributed by atoms with Crippen molar-refractivity contribution in [3.8, 4) is 5.75 Å². The Morgan fingerprint density at radius 3 is 2.89 bits per heavy atom. The average Bonchev–Trinajstić information content (AvgIpc) is 2.87. The highest BCUT2D eigenvalue weighted by Gasteiger charge is 2.34. The second-order valence-corrected chi connectivity index (χ2v) is 10.4. The SMILES string of the molecule is COc1ccc2ncc(F)c([C@@H](N)CC[C@H]3CCN(CCSc4cccc(F)c4)C[C@H]3C(=O)O)c2c1. The fourth-order valence-corrected chi connectivity index (χ4v) is 5.91. The van der Waals surface area contributed by atoms with E-state index >= 15 is 0 Å². The summed E-state index contributed by atoms with van der Waals surface area (Å²) in [6.07, 6.45) is 2.99. The number of carboxylic acid groups (broad SMARTS) is 1. The van der Waals surface area contributed by atoms with Crippen molar-refractivity contribution in [2.24, 2.45) is 17.6 Å². The maximum atomic E-state index is 14.8. The van der Waals surface area contributed by atoms with Gasteiger partial charge in [0.15, 0.2) is 0 Å². The summed E-state index contributed by atoms with van der Waals surface area (Å²) in [4.78, 5) is 19.2. The second kappa shape index (κ2) is 12.0. The predicted octanol–water partition coefficient (Wildman–Crippen LogP) is 5.12. The summed E-state index contributed by atoms with van der Waals surface area (Å²) >= 11 is 1.56. The van der Waals surface area contributed by atoms with Crippen LogP contribution in [0.25, 0.3) is 10.9 Å². The largest absolute Gasteiger partial charge is 0.497 e. The molecule has 0 unspecified atom stereocenters. The molecule has 2 heterocycles. The number of carbonyl (C=O) groups is 1. The molecule has 36 heavy (non-hydrogen) atoms. The standard InChI is InChI=1S/C27H31F2N3O3S/c1-35-19-6-8-25-21(14-19)26(23(29)15-31-25)24(30)7-5-17-9-10-32(16-22(17)27(33)34)11-12-36-20-4-2-3-18(28)13-20/h2-4,6,8,13-15,17,22,24H,5,7,9-12,16,30H2,1H3,(H,33,34)/t17-,22+,24-/m0/s1. The molecule has 1 saturated heterocycles. The molecule has 1 aliphatic heterocycles.